The molecule has 0 unspecified atom stereocenters. The Morgan fingerprint density at radius 2 is 1.81 bits per heavy atom. The van der Waals surface area contributed by atoms with Crippen molar-refractivity contribution in [1.82, 2.24) is 24.8 Å². The lowest BCUT2D eigenvalue weighted by Gasteiger charge is -2.33. The average Bonchev–Trinajstić information content (AvgIpc) is 2.91. The van der Waals surface area contributed by atoms with E-state index in [2.05, 4.69) is 37.0 Å². The van der Waals surface area contributed by atoms with Crippen LogP contribution in [0.4, 0.5) is 26.2 Å². The minimum absolute atomic E-state index is 0.0328. The number of nitrogens with one attached hydrogen (secondary N) is 1. The molecule has 11 heteroatoms. The predicted octanol–water partition coefficient (Wildman–Crippen LogP) is 3.44. The maximum atomic E-state index is 14.8. The van der Waals surface area contributed by atoms with Crippen LogP contribution >= 0.6 is 0 Å². The molecule has 5 rings (SSSR count). The first-order chi connectivity index (χ1) is 17.9. The van der Waals surface area contributed by atoms with Gasteiger partial charge in [0.05, 0.1) is 18.4 Å². The fourth-order valence-electron chi connectivity index (χ4n) is 4.60. The van der Waals surface area contributed by atoms with E-state index in [4.69, 9.17) is 4.74 Å². The Hall–Kier alpha value is -3.70. The van der Waals surface area contributed by atoms with Gasteiger partial charge in [-0.05, 0) is 30.3 Å². The van der Waals surface area contributed by atoms with Crippen molar-refractivity contribution in [3.63, 3.8) is 0 Å². The molecule has 37 heavy (non-hydrogen) atoms. The number of pyridine rings is 1. The number of fused-ring (bicyclic) bond motifs is 1. The fraction of sp³-hybridized carbons (Fsp3) is 0.385. The second kappa shape index (κ2) is 10.7. The van der Waals surface area contributed by atoms with Gasteiger partial charge in [-0.1, -0.05) is 13.0 Å². The summed E-state index contributed by atoms with van der Waals surface area (Å²) in [5.41, 5.74) is 1.41. The number of halogens is 2. The lowest BCUT2D eigenvalue weighted by molar-refractivity contribution is -0.116. The Bertz CT molecular complexity index is 1280. The molecule has 1 saturated heterocycles. The number of carbonyl (C=O) groups excluding carboxylic acids is 1. The Balaban J connectivity index is 1.32. The molecule has 0 bridgehead atoms. The van der Waals surface area contributed by atoms with Gasteiger partial charge in [-0.25, -0.2) is 23.7 Å². The van der Waals surface area contributed by atoms with Crippen LogP contribution in [-0.4, -0.2) is 76.5 Å². The van der Waals surface area contributed by atoms with Crippen molar-refractivity contribution in [2.75, 3.05) is 56.1 Å². The molecule has 2 aliphatic heterocycles. The summed E-state index contributed by atoms with van der Waals surface area (Å²) in [7, 11) is 0. The molecule has 2 aromatic heterocycles. The van der Waals surface area contributed by atoms with Crippen LogP contribution in [0.5, 0.6) is 5.75 Å². The van der Waals surface area contributed by atoms with E-state index in [0.29, 0.717) is 5.82 Å². The van der Waals surface area contributed by atoms with E-state index in [1.807, 2.05) is 12.1 Å². The zero-order valence-corrected chi connectivity index (χ0v) is 20.9. The SMILES string of the molecule is CCN1CCN(Cc2ccc(Nc3ncc(F)c(-c4cc(F)c5c(c4)N(C(C)=O)CCO5)n3)nc2)CC1. The van der Waals surface area contributed by atoms with Crippen molar-refractivity contribution in [2.45, 2.75) is 20.4 Å². The summed E-state index contributed by atoms with van der Waals surface area (Å²) in [6.07, 6.45) is 2.82. The minimum atomic E-state index is -0.720. The zero-order valence-electron chi connectivity index (χ0n) is 20.9. The quantitative estimate of drug-likeness (QED) is 0.541. The number of aromatic nitrogens is 3. The number of ether oxygens (including phenoxy) is 1. The number of hydrogen-bond donors (Lipinski definition) is 1. The van der Waals surface area contributed by atoms with E-state index in [1.165, 1.54) is 17.9 Å². The molecule has 0 saturated carbocycles. The van der Waals surface area contributed by atoms with Crippen LogP contribution in [0.25, 0.3) is 11.3 Å². The second-order valence-corrected chi connectivity index (χ2v) is 9.10. The molecule has 0 spiro atoms. The van der Waals surface area contributed by atoms with Crippen LogP contribution in [0, 0.1) is 11.6 Å². The number of amides is 1. The molecule has 9 nitrogen and oxygen atoms in total. The Morgan fingerprint density at radius 1 is 1.03 bits per heavy atom. The fourth-order valence-corrected chi connectivity index (χ4v) is 4.60. The van der Waals surface area contributed by atoms with Crippen molar-refractivity contribution < 1.29 is 18.3 Å². The number of anilines is 3. The van der Waals surface area contributed by atoms with Crippen molar-refractivity contribution in [2.24, 2.45) is 0 Å². The van der Waals surface area contributed by atoms with Crippen molar-refractivity contribution in [3.8, 4) is 17.0 Å². The number of hydrogen-bond acceptors (Lipinski definition) is 8. The topological polar surface area (TPSA) is 86.7 Å². The van der Waals surface area contributed by atoms with Crippen LogP contribution < -0.4 is 15.0 Å². The number of piperazine rings is 1. The molecule has 0 aliphatic carbocycles. The number of nitrogens with zero attached hydrogens (tertiary/aromatic N) is 6. The molecular weight excluding hydrogens is 480 g/mol. The van der Waals surface area contributed by atoms with Gasteiger partial charge in [0.25, 0.3) is 0 Å². The second-order valence-electron chi connectivity index (χ2n) is 9.10. The maximum absolute atomic E-state index is 14.8. The smallest absolute Gasteiger partial charge is 0.229 e. The summed E-state index contributed by atoms with van der Waals surface area (Å²) in [6, 6.07) is 6.46. The van der Waals surface area contributed by atoms with Crippen LogP contribution in [0.15, 0.2) is 36.7 Å². The first-order valence-corrected chi connectivity index (χ1v) is 12.3. The average molecular weight is 510 g/mol. The predicted molar refractivity (Wildman–Crippen MR) is 136 cm³/mol. The molecule has 1 aromatic carbocycles. The summed E-state index contributed by atoms with van der Waals surface area (Å²) in [4.78, 5) is 31.0. The van der Waals surface area contributed by atoms with Gasteiger partial charge in [0.2, 0.25) is 11.9 Å². The molecule has 194 valence electrons. The number of carbonyl (C=O) groups is 1. The Morgan fingerprint density at radius 3 is 2.51 bits per heavy atom. The van der Waals surface area contributed by atoms with Gasteiger partial charge in [-0.2, -0.15) is 0 Å². The van der Waals surface area contributed by atoms with Gasteiger partial charge in [-0.15, -0.1) is 0 Å². The van der Waals surface area contributed by atoms with Crippen molar-refractivity contribution >= 4 is 23.4 Å². The summed E-state index contributed by atoms with van der Waals surface area (Å²) in [5, 5.41) is 2.99. The highest BCUT2D eigenvalue weighted by Crippen LogP contribution is 2.38. The lowest BCUT2D eigenvalue weighted by atomic mass is 10.1. The Labute approximate surface area is 214 Å². The van der Waals surface area contributed by atoms with E-state index in [0.717, 1.165) is 57.1 Å². The van der Waals surface area contributed by atoms with Gasteiger partial charge >= 0.3 is 0 Å². The summed E-state index contributed by atoms with van der Waals surface area (Å²) in [6.45, 7) is 10.1. The summed E-state index contributed by atoms with van der Waals surface area (Å²) >= 11 is 0. The van der Waals surface area contributed by atoms with E-state index in [1.54, 1.807) is 6.20 Å². The molecule has 4 heterocycles. The highest BCUT2D eigenvalue weighted by molar-refractivity contribution is 5.94. The molecule has 1 fully saturated rings. The van der Waals surface area contributed by atoms with E-state index < -0.39 is 11.6 Å². The standard InChI is InChI=1S/C26H29F2N7O2/c1-3-33-6-8-34(9-7-33)16-18-4-5-23(29-14-18)31-26-30-15-21(28)24(32-26)19-12-20(27)25-22(13-19)35(17(2)36)10-11-37-25/h4-5,12-15H,3,6-11,16H2,1-2H3,(H,29,30,31,32). The number of likely N-dealkylation sites (N-methyl/N-ethyl adjacent to an activating group) is 1. The van der Waals surface area contributed by atoms with Gasteiger partial charge in [0.1, 0.15) is 18.1 Å². The van der Waals surface area contributed by atoms with E-state index in [9.17, 15) is 13.6 Å². The molecule has 3 aromatic rings. The largest absolute Gasteiger partial charge is 0.486 e. The highest BCUT2D eigenvalue weighted by Gasteiger charge is 2.26. The normalized spacial score (nSPS) is 16.3. The minimum Gasteiger partial charge on any atom is -0.486 e. The maximum Gasteiger partial charge on any atom is 0.229 e. The van der Waals surface area contributed by atoms with Gasteiger partial charge < -0.3 is 19.9 Å². The van der Waals surface area contributed by atoms with Gasteiger partial charge in [-0.3, -0.25) is 9.69 Å². The van der Waals surface area contributed by atoms with Crippen LogP contribution in [0.2, 0.25) is 0 Å². The first-order valence-electron chi connectivity index (χ1n) is 12.3. The van der Waals surface area contributed by atoms with Crippen molar-refractivity contribution in [1.29, 1.82) is 0 Å². The number of benzene rings is 1. The van der Waals surface area contributed by atoms with Gasteiger partial charge in [0.15, 0.2) is 17.4 Å². The highest BCUT2D eigenvalue weighted by atomic mass is 19.1. The van der Waals surface area contributed by atoms with Gasteiger partial charge in [0, 0.05) is 51.4 Å². The third-order valence-electron chi connectivity index (χ3n) is 6.66. The van der Waals surface area contributed by atoms with E-state index >= 15 is 0 Å². The monoisotopic (exact) mass is 509 g/mol. The number of rotatable bonds is 6. The third kappa shape index (κ3) is 5.52. The van der Waals surface area contributed by atoms with Crippen LogP contribution in [0.1, 0.15) is 19.4 Å². The third-order valence-corrected chi connectivity index (χ3v) is 6.66. The summed E-state index contributed by atoms with van der Waals surface area (Å²) < 4.78 is 34.9. The lowest BCUT2D eigenvalue weighted by Crippen LogP contribution is -2.45. The first kappa shape index (κ1) is 25.0. The summed E-state index contributed by atoms with van der Waals surface area (Å²) in [5.74, 6) is -1.09. The van der Waals surface area contributed by atoms with Crippen LogP contribution in [-0.2, 0) is 11.3 Å². The molecule has 0 atom stereocenters. The van der Waals surface area contributed by atoms with E-state index in [-0.39, 0.29) is 47.7 Å². The molecule has 1 amide bonds. The Kier molecular flexibility index (Phi) is 7.24. The molecule has 0 radical (unpaired) electrons. The molecule has 1 N–H and O–H groups in total. The van der Waals surface area contributed by atoms with Crippen LogP contribution in [0.3, 0.4) is 0 Å². The molecular formula is C26H29F2N7O2. The van der Waals surface area contributed by atoms with Crippen molar-refractivity contribution in [3.05, 3.63) is 53.9 Å². The molecule has 2 aliphatic rings. The zero-order chi connectivity index (χ0) is 25.9.